The average molecular weight is 211 g/mol. The minimum absolute atomic E-state index is 0.274. The Morgan fingerprint density at radius 1 is 1.43 bits per heavy atom. The van der Waals surface area contributed by atoms with Crippen LogP contribution in [0.3, 0.4) is 0 Å². The summed E-state index contributed by atoms with van der Waals surface area (Å²) in [4.78, 5) is 3.92. The van der Waals surface area contributed by atoms with Crippen LogP contribution in [0.5, 0.6) is 0 Å². The van der Waals surface area contributed by atoms with E-state index >= 15 is 0 Å². The summed E-state index contributed by atoms with van der Waals surface area (Å²) in [5.41, 5.74) is 1.61. The second-order valence-electron chi connectivity index (χ2n) is 2.88. The molecule has 14 heavy (non-hydrogen) atoms. The summed E-state index contributed by atoms with van der Waals surface area (Å²) >= 11 is 5.72. The number of hydrogen-bond donors (Lipinski definition) is 0. The predicted molar refractivity (Wildman–Crippen MR) is 53.1 cm³/mol. The zero-order valence-electron chi connectivity index (χ0n) is 7.32. The van der Waals surface area contributed by atoms with Gasteiger partial charge in [-0.3, -0.25) is 0 Å². The molecule has 0 aliphatic carbocycles. The first-order valence-corrected chi connectivity index (χ1v) is 4.67. The van der Waals surface area contributed by atoms with Crippen molar-refractivity contribution in [3.05, 3.63) is 48.3 Å². The summed E-state index contributed by atoms with van der Waals surface area (Å²) in [5.74, 6) is 0.00941. The van der Waals surface area contributed by atoms with Gasteiger partial charge in [0.1, 0.15) is 5.82 Å². The van der Waals surface area contributed by atoms with Crippen LogP contribution in [-0.2, 0) is 5.88 Å². The van der Waals surface area contributed by atoms with Crippen LogP contribution in [-0.4, -0.2) is 9.55 Å². The molecular formula is C10H8ClFN2. The highest BCUT2D eigenvalue weighted by atomic mass is 35.5. The Balaban J connectivity index is 2.53. The van der Waals surface area contributed by atoms with Crippen molar-refractivity contribution in [2.24, 2.45) is 0 Å². The largest absolute Gasteiger partial charge is 0.306 e. The molecular weight excluding hydrogens is 203 g/mol. The highest BCUT2D eigenvalue weighted by Gasteiger charge is 2.04. The molecule has 4 heteroatoms. The summed E-state index contributed by atoms with van der Waals surface area (Å²) in [6, 6.07) is 4.53. The summed E-state index contributed by atoms with van der Waals surface area (Å²) in [5, 5.41) is 0. The maximum absolute atomic E-state index is 12.9. The molecule has 0 N–H and O–H groups in total. The summed E-state index contributed by atoms with van der Waals surface area (Å²) in [6.07, 6.45) is 5.12. The lowest BCUT2D eigenvalue weighted by molar-refractivity contribution is 0.626. The predicted octanol–water partition coefficient (Wildman–Crippen LogP) is 2.75. The molecule has 1 aromatic heterocycles. The van der Waals surface area contributed by atoms with Crippen LogP contribution in [0, 0.1) is 5.82 Å². The molecule has 0 bridgehead atoms. The highest BCUT2D eigenvalue weighted by molar-refractivity contribution is 6.17. The van der Waals surface area contributed by atoms with E-state index in [4.69, 9.17) is 11.6 Å². The first-order valence-electron chi connectivity index (χ1n) is 4.14. The molecule has 1 aromatic carbocycles. The topological polar surface area (TPSA) is 17.8 Å². The van der Waals surface area contributed by atoms with Crippen molar-refractivity contribution in [2.75, 3.05) is 0 Å². The number of halogens is 2. The molecule has 0 radical (unpaired) electrons. The Labute approximate surface area is 86.0 Å². The molecule has 0 unspecified atom stereocenters. The van der Waals surface area contributed by atoms with E-state index in [2.05, 4.69) is 4.98 Å². The zero-order chi connectivity index (χ0) is 9.97. The van der Waals surface area contributed by atoms with Crippen LogP contribution < -0.4 is 0 Å². The van der Waals surface area contributed by atoms with Crippen LogP contribution in [0.15, 0.2) is 36.9 Å². The molecule has 72 valence electrons. The molecule has 0 saturated heterocycles. The number of benzene rings is 1. The molecule has 0 fully saturated rings. The number of imidazole rings is 1. The van der Waals surface area contributed by atoms with Gasteiger partial charge in [0.25, 0.3) is 0 Å². The van der Waals surface area contributed by atoms with E-state index < -0.39 is 0 Å². The second-order valence-corrected chi connectivity index (χ2v) is 3.14. The van der Waals surface area contributed by atoms with Crippen molar-refractivity contribution in [3.8, 4) is 5.69 Å². The van der Waals surface area contributed by atoms with E-state index in [0.717, 1.165) is 11.3 Å². The van der Waals surface area contributed by atoms with Crippen molar-refractivity contribution in [2.45, 2.75) is 5.88 Å². The zero-order valence-corrected chi connectivity index (χ0v) is 8.08. The quantitative estimate of drug-likeness (QED) is 0.697. The van der Waals surface area contributed by atoms with Crippen LogP contribution in [0.2, 0.25) is 0 Å². The Hall–Kier alpha value is -1.35. The summed E-state index contributed by atoms with van der Waals surface area (Å²) in [6.45, 7) is 0. The molecule has 0 aliphatic heterocycles. The van der Waals surface area contributed by atoms with E-state index in [1.54, 1.807) is 29.4 Å². The molecule has 0 amide bonds. The highest BCUT2D eigenvalue weighted by Crippen LogP contribution is 2.17. The number of alkyl halides is 1. The maximum atomic E-state index is 12.9. The minimum atomic E-state index is -0.274. The van der Waals surface area contributed by atoms with Crippen molar-refractivity contribution < 1.29 is 4.39 Å². The Bertz CT molecular complexity index is 426. The molecule has 0 saturated carbocycles. The lowest BCUT2D eigenvalue weighted by atomic mass is 10.2. The van der Waals surface area contributed by atoms with Gasteiger partial charge in [-0.15, -0.1) is 11.6 Å². The third-order valence-electron chi connectivity index (χ3n) is 1.97. The van der Waals surface area contributed by atoms with Crippen molar-refractivity contribution >= 4 is 11.6 Å². The van der Waals surface area contributed by atoms with Gasteiger partial charge in [0.15, 0.2) is 0 Å². The van der Waals surface area contributed by atoms with Crippen molar-refractivity contribution in [3.63, 3.8) is 0 Å². The van der Waals surface area contributed by atoms with Gasteiger partial charge < -0.3 is 4.57 Å². The van der Waals surface area contributed by atoms with Crippen LogP contribution in [0.1, 0.15) is 5.56 Å². The number of aromatic nitrogens is 2. The molecule has 0 aliphatic rings. The Morgan fingerprint density at radius 2 is 2.29 bits per heavy atom. The lowest BCUT2D eigenvalue weighted by Crippen LogP contribution is -1.96. The van der Waals surface area contributed by atoms with Crippen molar-refractivity contribution in [1.29, 1.82) is 0 Å². The standard InChI is InChI=1S/C10H8ClFN2/c11-6-8-5-9(12)1-2-10(8)14-4-3-13-7-14/h1-5,7H,6H2. The van der Waals surface area contributed by atoms with E-state index in [1.165, 1.54) is 12.1 Å². The van der Waals surface area contributed by atoms with E-state index in [9.17, 15) is 4.39 Å². The fourth-order valence-electron chi connectivity index (χ4n) is 1.31. The normalized spacial score (nSPS) is 10.4. The first kappa shape index (κ1) is 9.21. The first-order chi connectivity index (χ1) is 6.81. The van der Waals surface area contributed by atoms with Crippen LogP contribution in [0.25, 0.3) is 5.69 Å². The van der Waals surface area contributed by atoms with Gasteiger partial charge in [0, 0.05) is 18.3 Å². The van der Waals surface area contributed by atoms with Gasteiger partial charge in [0.2, 0.25) is 0 Å². The smallest absolute Gasteiger partial charge is 0.123 e. The fourth-order valence-corrected chi connectivity index (χ4v) is 1.53. The SMILES string of the molecule is Fc1ccc(-n2ccnc2)c(CCl)c1. The molecule has 0 atom stereocenters. The van der Waals surface area contributed by atoms with Gasteiger partial charge in [-0.25, -0.2) is 9.37 Å². The number of nitrogens with zero attached hydrogens (tertiary/aromatic N) is 2. The van der Waals surface area contributed by atoms with E-state index in [-0.39, 0.29) is 11.7 Å². The molecule has 0 spiro atoms. The van der Waals surface area contributed by atoms with Crippen LogP contribution >= 0.6 is 11.6 Å². The fraction of sp³-hybridized carbons (Fsp3) is 0.100. The minimum Gasteiger partial charge on any atom is -0.306 e. The maximum Gasteiger partial charge on any atom is 0.123 e. The summed E-state index contributed by atoms with van der Waals surface area (Å²) < 4.78 is 14.7. The van der Waals surface area contributed by atoms with Gasteiger partial charge >= 0.3 is 0 Å². The molecule has 2 rings (SSSR count). The van der Waals surface area contributed by atoms with Gasteiger partial charge in [0.05, 0.1) is 12.0 Å². The number of hydrogen-bond acceptors (Lipinski definition) is 1. The van der Waals surface area contributed by atoms with Crippen molar-refractivity contribution in [1.82, 2.24) is 9.55 Å². The molecule has 2 aromatic rings. The molecule has 2 nitrogen and oxygen atoms in total. The summed E-state index contributed by atoms with van der Waals surface area (Å²) in [7, 11) is 0. The number of rotatable bonds is 2. The Morgan fingerprint density at radius 3 is 2.93 bits per heavy atom. The Kier molecular flexibility index (Phi) is 2.50. The lowest BCUT2D eigenvalue weighted by Gasteiger charge is -2.07. The average Bonchev–Trinajstić information content (AvgIpc) is 2.70. The third kappa shape index (κ3) is 1.63. The van der Waals surface area contributed by atoms with Crippen LogP contribution in [0.4, 0.5) is 4.39 Å². The van der Waals surface area contributed by atoms with E-state index in [0.29, 0.717) is 0 Å². The third-order valence-corrected chi connectivity index (χ3v) is 2.26. The van der Waals surface area contributed by atoms with Gasteiger partial charge in [-0.2, -0.15) is 0 Å². The molecule has 1 heterocycles. The monoisotopic (exact) mass is 210 g/mol. The van der Waals surface area contributed by atoms with E-state index in [1.807, 2.05) is 0 Å². The van der Waals surface area contributed by atoms with Gasteiger partial charge in [-0.05, 0) is 23.8 Å². The van der Waals surface area contributed by atoms with Gasteiger partial charge in [-0.1, -0.05) is 0 Å². The second kappa shape index (κ2) is 3.80.